The van der Waals surface area contributed by atoms with Crippen LogP contribution in [0.5, 0.6) is 17.2 Å². The van der Waals surface area contributed by atoms with E-state index >= 15 is 0 Å². The number of unbranched alkanes of at least 4 members (excludes halogenated alkanes) is 14. The zero-order chi connectivity index (χ0) is 35.6. The Morgan fingerprint density at radius 1 is 0.760 bits per heavy atom. The van der Waals surface area contributed by atoms with E-state index in [0.29, 0.717) is 29.3 Å². The van der Waals surface area contributed by atoms with Gasteiger partial charge in [0.1, 0.15) is 22.1 Å². The minimum absolute atomic E-state index is 0.0770. The Labute approximate surface area is 297 Å². The molecule has 0 unspecified atom stereocenters. The molecule has 0 fully saturated rings. The largest absolute Gasteiger partial charge is 0.497 e. The Hall–Kier alpha value is -4.09. The molecule has 4 rings (SSSR count). The molecule has 0 spiro atoms. The molecule has 10 nitrogen and oxygen atoms in total. The molecule has 0 saturated carbocycles. The summed E-state index contributed by atoms with van der Waals surface area (Å²) in [6, 6.07) is 18.8. The number of nitrogens with zero attached hydrogens (tertiary/aromatic N) is 4. The van der Waals surface area contributed by atoms with Gasteiger partial charge >= 0.3 is 0 Å². The van der Waals surface area contributed by atoms with Gasteiger partial charge in [0.2, 0.25) is 0 Å². The normalized spacial score (nSPS) is 14.8. The van der Waals surface area contributed by atoms with Crippen molar-refractivity contribution in [2.45, 2.75) is 121 Å². The van der Waals surface area contributed by atoms with Gasteiger partial charge in [-0.1, -0.05) is 115 Å². The van der Waals surface area contributed by atoms with Crippen molar-refractivity contribution in [1.82, 2.24) is 0 Å². The first-order chi connectivity index (χ1) is 24.3. The number of ether oxygens (including phenoxy) is 2. The van der Waals surface area contributed by atoms with Crippen molar-refractivity contribution in [2.75, 3.05) is 12.1 Å². The van der Waals surface area contributed by atoms with Crippen LogP contribution in [0.3, 0.4) is 0 Å². The Balaban J connectivity index is 1.36. The van der Waals surface area contributed by atoms with E-state index in [1.807, 2.05) is 0 Å². The van der Waals surface area contributed by atoms with Crippen LogP contribution in [0.15, 0.2) is 93.0 Å². The molecule has 0 radical (unpaired) electrons. The molecular formula is C39H52N4O6S. The number of hydrogen-bond donors (Lipinski definition) is 1. The van der Waals surface area contributed by atoms with Gasteiger partial charge in [0.15, 0.2) is 6.04 Å². The van der Waals surface area contributed by atoms with Crippen molar-refractivity contribution in [2.24, 2.45) is 15.3 Å². The fraction of sp³-hybridized carbons (Fsp3) is 0.487. The van der Waals surface area contributed by atoms with Crippen LogP contribution >= 0.6 is 0 Å². The van der Waals surface area contributed by atoms with Gasteiger partial charge in [-0.05, 0) is 67.4 Å². The predicted molar refractivity (Wildman–Crippen MR) is 199 cm³/mol. The fourth-order valence-corrected chi connectivity index (χ4v) is 6.59. The van der Waals surface area contributed by atoms with E-state index in [1.54, 1.807) is 61.7 Å². The molecule has 3 aromatic carbocycles. The summed E-state index contributed by atoms with van der Waals surface area (Å²) < 4.78 is 45.8. The molecule has 1 N–H and O–H groups in total. The zero-order valence-corrected chi connectivity index (χ0v) is 30.3. The lowest BCUT2D eigenvalue weighted by molar-refractivity contribution is -0.117. The van der Waals surface area contributed by atoms with Gasteiger partial charge in [-0.25, -0.2) is 0 Å². The average Bonchev–Trinajstić information content (AvgIpc) is 3.43. The summed E-state index contributed by atoms with van der Waals surface area (Å²) in [5.74, 6) is 0.533. The summed E-state index contributed by atoms with van der Waals surface area (Å²) >= 11 is 0. The topological polar surface area (TPSA) is 130 Å². The third-order valence-corrected chi connectivity index (χ3v) is 9.68. The van der Waals surface area contributed by atoms with E-state index in [0.717, 1.165) is 24.3 Å². The first-order valence-corrected chi connectivity index (χ1v) is 19.5. The molecule has 50 heavy (non-hydrogen) atoms. The quantitative estimate of drug-likeness (QED) is 0.0594. The number of hydrogen-bond acceptors (Lipinski definition) is 8. The second-order valence-electron chi connectivity index (χ2n) is 12.8. The number of para-hydroxylation sites is 1. The molecule has 1 atom stereocenters. The highest BCUT2D eigenvalue weighted by atomic mass is 32.2. The number of anilines is 1. The number of carbonyl (C=O) groups excluding carboxylic acids is 1. The van der Waals surface area contributed by atoms with E-state index in [4.69, 9.17) is 9.47 Å². The van der Waals surface area contributed by atoms with Crippen LogP contribution in [0.2, 0.25) is 0 Å². The molecule has 1 aliphatic heterocycles. The molecule has 0 bridgehead atoms. The average molecular weight is 705 g/mol. The lowest BCUT2D eigenvalue weighted by atomic mass is 10.0. The van der Waals surface area contributed by atoms with Crippen molar-refractivity contribution >= 4 is 33.1 Å². The number of amides is 1. The second kappa shape index (κ2) is 20.6. The highest BCUT2D eigenvalue weighted by Gasteiger charge is 2.37. The van der Waals surface area contributed by atoms with Gasteiger partial charge in [0.25, 0.3) is 16.0 Å². The molecule has 1 aliphatic rings. The Morgan fingerprint density at radius 2 is 1.34 bits per heavy atom. The fourth-order valence-electron chi connectivity index (χ4n) is 5.96. The van der Waals surface area contributed by atoms with Gasteiger partial charge in [-0.2, -0.15) is 28.8 Å². The molecule has 0 saturated heterocycles. The van der Waals surface area contributed by atoms with Gasteiger partial charge < -0.3 is 9.47 Å². The van der Waals surface area contributed by atoms with Crippen molar-refractivity contribution in [3.8, 4) is 17.2 Å². The van der Waals surface area contributed by atoms with E-state index in [2.05, 4.69) is 22.3 Å². The predicted octanol–water partition coefficient (Wildman–Crippen LogP) is 10.9. The van der Waals surface area contributed by atoms with Gasteiger partial charge in [-0.15, -0.1) is 0 Å². The van der Waals surface area contributed by atoms with Crippen molar-refractivity contribution in [1.29, 1.82) is 0 Å². The Kier molecular flexibility index (Phi) is 15.9. The van der Waals surface area contributed by atoms with E-state index in [9.17, 15) is 17.8 Å². The minimum Gasteiger partial charge on any atom is -0.497 e. The van der Waals surface area contributed by atoms with E-state index in [-0.39, 0.29) is 11.4 Å². The molecule has 3 aromatic rings. The highest BCUT2D eigenvalue weighted by molar-refractivity contribution is 7.86. The van der Waals surface area contributed by atoms with Crippen LogP contribution in [0.4, 0.5) is 11.4 Å². The lowest BCUT2D eigenvalue weighted by Crippen LogP contribution is -2.30. The first kappa shape index (κ1) is 38.7. The maximum atomic E-state index is 13.7. The van der Waals surface area contributed by atoms with Crippen LogP contribution in [0.25, 0.3) is 0 Å². The van der Waals surface area contributed by atoms with Crippen LogP contribution in [0.1, 0.15) is 110 Å². The Bertz CT molecular complexity index is 1640. The third kappa shape index (κ3) is 12.4. The first-order valence-electron chi connectivity index (χ1n) is 18.1. The molecule has 1 amide bonds. The number of hydrazone groups is 1. The zero-order valence-electron chi connectivity index (χ0n) is 29.5. The van der Waals surface area contributed by atoms with Crippen LogP contribution < -0.4 is 14.5 Å². The van der Waals surface area contributed by atoms with Gasteiger partial charge in [-0.3, -0.25) is 9.35 Å². The summed E-state index contributed by atoms with van der Waals surface area (Å²) in [7, 11) is -3.12. The molecular weight excluding hydrogens is 653 g/mol. The SMILES string of the molecule is CCCCCCCCCCCCCCCCCC1=NN(c2ccc(Oc3ccccc3)c(S(=O)(=O)O)c2)C(=O)[C@H]1N=Nc1ccc(OC)cc1. The van der Waals surface area contributed by atoms with Crippen LogP contribution in [-0.4, -0.2) is 37.7 Å². The minimum atomic E-state index is -4.70. The van der Waals surface area contributed by atoms with Crippen molar-refractivity contribution in [3.05, 3.63) is 72.8 Å². The Morgan fingerprint density at radius 3 is 1.90 bits per heavy atom. The molecule has 1 heterocycles. The maximum Gasteiger partial charge on any atom is 0.298 e. The number of rotatable bonds is 23. The number of azo groups is 1. The molecule has 0 aliphatic carbocycles. The smallest absolute Gasteiger partial charge is 0.298 e. The number of methoxy groups -OCH3 is 1. The summed E-state index contributed by atoms with van der Waals surface area (Å²) in [5.41, 5.74) is 1.28. The van der Waals surface area contributed by atoms with Gasteiger partial charge in [0, 0.05) is 0 Å². The second-order valence-corrected chi connectivity index (χ2v) is 14.2. The summed E-state index contributed by atoms with van der Waals surface area (Å²) in [6.45, 7) is 2.26. The lowest BCUT2D eigenvalue weighted by Gasteiger charge is -2.15. The molecule has 11 heteroatoms. The number of benzene rings is 3. The van der Waals surface area contributed by atoms with Gasteiger partial charge in [0.05, 0.1) is 24.2 Å². The third-order valence-electron chi connectivity index (χ3n) is 8.81. The highest BCUT2D eigenvalue weighted by Crippen LogP contribution is 2.34. The number of carbonyl (C=O) groups is 1. The van der Waals surface area contributed by atoms with Crippen LogP contribution in [-0.2, 0) is 14.9 Å². The monoisotopic (exact) mass is 704 g/mol. The molecule has 0 aromatic heterocycles. The standard InChI is InChI=1S/C39H52N4O6S/c1-3-4-5-6-7-8-9-10-11-12-13-14-15-16-20-23-35-38(41-40-31-24-27-33(48-2)28-25-31)39(44)43(42-35)32-26-29-36(37(30-32)50(45,46)47)49-34-21-18-17-19-22-34/h17-19,21-22,24-30,38H,3-16,20,23H2,1-2H3,(H,45,46,47)/t38-/m0/s1. The van der Waals surface area contributed by atoms with E-state index in [1.165, 1.54) is 95.2 Å². The summed E-state index contributed by atoms with van der Waals surface area (Å²) in [5, 5.41) is 14.5. The van der Waals surface area contributed by atoms with E-state index < -0.39 is 27.0 Å². The van der Waals surface area contributed by atoms with Crippen molar-refractivity contribution < 1.29 is 27.2 Å². The summed E-state index contributed by atoms with van der Waals surface area (Å²) in [6.07, 6.45) is 19.4. The van der Waals surface area contributed by atoms with Crippen LogP contribution in [0, 0.1) is 0 Å². The maximum absolute atomic E-state index is 13.7. The summed E-state index contributed by atoms with van der Waals surface area (Å²) in [4.78, 5) is 13.3. The molecule has 270 valence electrons. The van der Waals surface area contributed by atoms with Crippen molar-refractivity contribution in [3.63, 3.8) is 0 Å².